The molecule has 1 N–H and O–H groups in total. The van der Waals surface area contributed by atoms with Crippen molar-refractivity contribution in [3.8, 4) is 0 Å². The monoisotopic (exact) mass is 266 g/mol. The second-order valence-corrected chi connectivity index (χ2v) is 4.08. The smallest absolute Gasteiger partial charge is 0.272 e. The standard InChI is InChI=1S/C13H22N4O2/c1-5-17(6-2)13(18)11-9-12(14-7-8-19-4)16-10(3)15-11/h9H,5-8H2,1-4H3,(H,14,15,16). The normalized spacial score (nSPS) is 10.3. The molecule has 0 aliphatic carbocycles. The van der Waals surface area contributed by atoms with Crippen LogP contribution in [0.15, 0.2) is 6.07 Å². The number of nitrogens with one attached hydrogen (secondary N) is 1. The minimum Gasteiger partial charge on any atom is -0.383 e. The third kappa shape index (κ3) is 4.48. The molecule has 0 aliphatic rings. The van der Waals surface area contributed by atoms with Gasteiger partial charge in [-0.3, -0.25) is 4.79 Å². The van der Waals surface area contributed by atoms with Crippen LogP contribution in [0.1, 0.15) is 30.2 Å². The summed E-state index contributed by atoms with van der Waals surface area (Å²) in [6.07, 6.45) is 0. The van der Waals surface area contributed by atoms with Crippen LogP contribution in [-0.2, 0) is 4.74 Å². The van der Waals surface area contributed by atoms with Crippen molar-refractivity contribution in [2.45, 2.75) is 20.8 Å². The molecule has 106 valence electrons. The molecule has 0 saturated heterocycles. The van der Waals surface area contributed by atoms with Crippen molar-refractivity contribution >= 4 is 11.7 Å². The van der Waals surface area contributed by atoms with E-state index in [1.54, 1.807) is 25.0 Å². The highest BCUT2D eigenvalue weighted by molar-refractivity contribution is 5.92. The van der Waals surface area contributed by atoms with Gasteiger partial charge in [-0.15, -0.1) is 0 Å². The lowest BCUT2D eigenvalue weighted by atomic mass is 10.3. The summed E-state index contributed by atoms with van der Waals surface area (Å²) in [5.74, 6) is 1.17. The molecule has 1 aromatic heterocycles. The first-order valence-electron chi connectivity index (χ1n) is 6.50. The number of carbonyl (C=O) groups is 1. The summed E-state index contributed by atoms with van der Waals surface area (Å²) in [7, 11) is 1.64. The minimum atomic E-state index is -0.0645. The largest absolute Gasteiger partial charge is 0.383 e. The number of ether oxygens (including phenoxy) is 1. The Balaban J connectivity index is 2.86. The van der Waals surface area contributed by atoms with Crippen molar-refractivity contribution < 1.29 is 9.53 Å². The number of nitrogens with zero attached hydrogens (tertiary/aromatic N) is 3. The molecule has 19 heavy (non-hydrogen) atoms. The Morgan fingerprint density at radius 2 is 2.05 bits per heavy atom. The molecule has 0 aromatic carbocycles. The maximum atomic E-state index is 12.2. The first-order chi connectivity index (χ1) is 9.12. The van der Waals surface area contributed by atoms with Crippen LogP contribution < -0.4 is 5.32 Å². The van der Waals surface area contributed by atoms with Gasteiger partial charge in [-0.1, -0.05) is 0 Å². The van der Waals surface area contributed by atoms with Gasteiger partial charge in [0.05, 0.1) is 6.61 Å². The minimum absolute atomic E-state index is 0.0645. The second-order valence-electron chi connectivity index (χ2n) is 4.08. The summed E-state index contributed by atoms with van der Waals surface area (Å²) in [5.41, 5.74) is 0.427. The number of anilines is 1. The molecule has 1 heterocycles. The number of carbonyl (C=O) groups excluding carboxylic acids is 1. The molecule has 0 bridgehead atoms. The molecule has 0 spiro atoms. The SMILES string of the molecule is CCN(CC)C(=O)c1cc(NCCOC)nc(C)n1. The predicted octanol–water partition coefficient (Wildman–Crippen LogP) is 1.33. The van der Waals surface area contributed by atoms with Crippen LogP contribution in [0.4, 0.5) is 5.82 Å². The van der Waals surface area contributed by atoms with E-state index in [0.29, 0.717) is 43.6 Å². The summed E-state index contributed by atoms with van der Waals surface area (Å²) in [4.78, 5) is 22.4. The van der Waals surface area contributed by atoms with Gasteiger partial charge in [-0.2, -0.15) is 0 Å². The van der Waals surface area contributed by atoms with E-state index in [2.05, 4.69) is 15.3 Å². The van der Waals surface area contributed by atoms with Crippen molar-refractivity contribution in [1.29, 1.82) is 0 Å². The molecule has 0 radical (unpaired) electrons. The lowest BCUT2D eigenvalue weighted by Gasteiger charge is -2.18. The van der Waals surface area contributed by atoms with E-state index < -0.39 is 0 Å². The average Bonchev–Trinajstić information content (AvgIpc) is 2.39. The van der Waals surface area contributed by atoms with Crippen LogP contribution in [0.25, 0.3) is 0 Å². The Morgan fingerprint density at radius 3 is 2.63 bits per heavy atom. The van der Waals surface area contributed by atoms with Crippen molar-refractivity contribution in [1.82, 2.24) is 14.9 Å². The van der Waals surface area contributed by atoms with Crippen LogP contribution in [0.5, 0.6) is 0 Å². The van der Waals surface area contributed by atoms with Crippen molar-refractivity contribution in [3.63, 3.8) is 0 Å². The van der Waals surface area contributed by atoms with E-state index in [-0.39, 0.29) is 5.91 Å². The molecule has 6 nitrogen and oxygen atoms in total. The number of hydrogen-bond donors (Lipinski definition) is 1. The maximum Gasteiger partial charge on any atom is 0.272 e. The fraction of sp³-hybridized carbons (Fsp3) is 0.615. The molecule has 6 heteroatoms. The Morgan fingerprint density at radius 1 is 1.37 bits per heavy atom. The Hall–Kier alpha value is -1.69. The summed E-state index contributed by atoms with van der Waals surface area (Å²) >= 11 is 0. The summed E-state index contributed by atoms with van der Waals surface area (Å²) in [6.45, 7) is 8.25. The summed E-state index contributed by atoms with van der Waals surface area (Å²) in [5, 5.41) is 3.11. The van der Waals surface area contributed by atoms with Gasteiger partial charge in [0.2, 0.25) is 0 Å². The maximum absolute atomic E-state index is 12.2. The molecular formula is C13H22N4O2. The van der Waals surface area contributed by atoms with Gasteiger partial charge in [-0.25, -0.2) is 9.97 Å². The van der Waals surface area contributed by atoms with E-state index in [1.807, 2.05) is 13.8 Å². The quantitative estimate of drug-likeness (QED) is 0.754. The number of aryl methyl sites for hydroxylation is 1. The third-order valence-electron chi connectivity index (χ3n) is 2.72. The van der Waals surface area contributed by atoms with E-state index >= 15 is 0 Å². The Labute approximate surface area is 114 Å². The van der Waals surface area contributed by atoms with Gasteiger partial charge in [0.1, 0.15) is 17.3 Å². The molecule has 1 aromatic rings. The van der Waals surface area contributed by atoms with E-state index in [0.717, 1.165) is 0 Å². The van der Waals surface area contributed by atoms with Crippen LogP contribution in [0.2, 0.25) is 0 Å². The number of methoxy groups -OCH3 is 1. The van der Waals surface area contributed by atoms with Crippen LogP contribution in [-0.4, -0.2) is 54.1 Å². The molecule has 0 aliphatic heterocycles. The van der Waals surface area contributed by atoms with Crippen molar-refractivity contribution in [2.75, 3.05) is 38.7 Å². The molecular weight excluding hydrogens is 244 g/mol. The van der Waals surface area contributed by atoms with E-state index in [9.17, 15) is 4.79 Å². The van der Waals surface area contributed by atoms with Gasteiger partial charge in [0.15, 0.2) is 0 Å². The first-order valence-corrected chi connectivity index (χ1v) is 6.50. The van der Waals surface area contributed by atoms with Crippen LogP contribution in [0, 0.1) is 6.92 Å². The topological polar surface area (TPSA) is 67.4 Å². The molecule has 0 fully saturated rings. The van der Waals surface area contributed by atoms with Crippen LogP contribution in [0.3, 0.4) is 0 Å². The van der Waals surface area contributed by atoms with Gasteiger partial charge >= 0.3 is 0 Å². The number of hydrogen-bond acceptors (Lipinski definition) is 5. The Kier molecular flexibility index (Phi) is 6.21. The third-order valence-corrected chi connectivity index (χ3v) is 2.72. The number of rotatable bonds is 7. The van der Waals surface area contributed by atoms with Gasteiger partial charge in [-0.05, 0) is 20.8 Å². The average molecular weight is 266 g/mol. The van der Waals surface area contributed by atoms with E-state index in [1.165, 1.54) is 0 Å². The zero-order valence-electron chi connectivity index (χ0n) is 12.1. The van der Waals surface area contributed by atoms with Crippen LogP contribution >= 0.6 is 0 Å². The summed E-state index contributed by atoms with van der Waals surface area (Å²) in [6, 6.07) is 1.68. The highest BCUT2D eigenvalue weighted by Gasteiger charge is 2.15. The van der Waals surface area contributed by atoms with E-state index in [4.69, 9.17) is 4.74 Å². The molecule has 0 saturated carbocycles. The fourth-order valence-electron chi connectivity index (χ4n) is 1.72. The highest BCUT2D eigenvalue weighted by Crippen LogP contribution is 2.09. The van der Waals surface area contributed by atoms with Crippen molar-refractivity contribution in [3.05, 3.63) is 17.6 Å². The summed E-state index contributed by atoms with van der Waals surface area (Å²) < 4.78 is 4.96. The number of amides is 1. The van der Waals surface area contributed by atoms with Gasteiger partial charge in [0, 0.05) is 32.8 Å². The first kappa shape index (κ1) is 15.4. The molecule has 1 rings (SSSR count). The second kappa shape index (κ2) is 7.68. The molecule has 1 amide bonds. The lowest BCUT2D eigenvalue weighted by Crippen LogP contribution is -2.31. The highest BCUT2D eigenvalue weighted by atomic mass is 16.5. The Bertz CT molecular complexity index is 419. The van der Waals surface area contributed by atoms with Crippen molar-refractivity contribution in [2.24, 2.45) is 0 Å². The van der Waals surface area contributed by atoms with Gasteiger partial charge in [0.25, 0.3) is 5.91 Å². The lowest BCUT2D eigenvalue weighted by molar-refractivity contribution is 0.0766. The predicted molar refractivity (Wildman–Crippen MR) is 74.4 cm³/mol. The fourth-order valence-corrected chi connectivity index (χ4v) is 1.72. The number of aromatic nitrogens is 2. The van der Waals surface area contributed by atoms with Gasteiger partial charge < -0.3 is 15.0 Å². The molecule has 0 unspecified atom stereocenters. The molecule has 0 atom stereocenters. The zero-order chi connectivity index (χ0) is 14.3. The zero-order valence-corrected chi connectivity index (χ0v) is 12.1.